The molecule has 1 aliphatic rings. The predicted molar refractivity (Wildman–Crippen MR) is 56.6 cm³/mol. The summed E-state index contributed by atoms with van der Waals surface area (Å²) in [6, 6.07) is 0. The summed E-state index contributed by atoms with van der Waals surface area (Å²) in [7, 11) is 3.12. The van der Waals surface area contributed by atoms with Crippen LogP contribution in [0.15, 0.2) is 0 Å². The molecule has 14 heavy (non-hydrogen) atoms. The minimum atomic E-state index is -0.233. The Balaban J connectivity index is 2.28. The number of rotatable bonds is 4. The minimum absolute atomic E-state index is 0.217. The molecule has 5 heteroatoms. The second-order valence-electron chi connectivity index (χ2n) is 3.40. The SMILES string of the molecule is COC(=O)C(Br)CN1CCC(OC)C1. The van der Waals surface area contributed by atoms with Crippen molar-refractivity contribution in [3.8, 4) is 0 Å². The third-order valence-electron chi connectivity index (χ3n) is 2.44. The van der Waals surface area contributed by atoms with E-state index < -0.39 is 0 Å². The van der Waals surface area contributed by atoms with Crippen LogP contribution >= 0.6 is 15.9 Å². The molecule has 0 bridgehead atoms. The number of alkyl halides is 1. The van der Waals surface area contributed by atoms with E-state index in [4.69, 9.17) is 4.74 Å². The standard InChI is InChI=1S/C9H16BrNO3/c1-13-7-3-4-11(5-7)6-8(10)9(12)14-2/h7-8H,3-6H2,1-2H3. The van der Waals surface area contributed by atoms with Gasteiger partial charge in [-0.1, -0.05) is 15.9 Å². The molecule has 4 nitrogen and oxygen atoms in total. The molecule has 0 radical (unpaired) electrons. The summed E-state index contributed by atoms with van der Waals surface area (Å²) in [6.07, 6.45) is 1.35. The first kappa shape index (κ1) is 11.9. The largest absolute Gasteiger partial charge is 0.468 e. The molecule has 0 saturated carbocycles. The van der Waals surface area contributed by atoms with E-state index in [1.807, 2.05) is 0 Å². The van der Waals surface area contributed by atoms with E-state index in [1.165, 1.54) is 7.11 Å². The molecule has 0 aromatic carbocycles. The van der Waals surface area contributed by atoms with Crippen LogP contribution in [0, 0.1) is 0 Å². The van der Waals surface area contributed by atoms with Crippen molar-refractivity contribution in [1.82, 2.24) is 4.90 Å². The van der Waals surface area contributed by atoms with Crippen molar-refractivity contribution < 1.29 is 14.3 Å². The van der Waals surface area contributed by atoms with Crippen molar-refractivity contribution in [2.45, 2.75) is 17.4 Å². The molecule has 2 atom stereocenters. The van der Waals surface area contributed by atoms with Gasteiger partial charge in [0.05, 0.1) is 13.2 Å². The van der Waals surface area contributed by atoms with Crippen molar-refractivity contribution in [1.29, 1.82) is 0 Å². The van der Waals surface area contributed by atoms with Crippen LogP contribution in [0.3, 0.4) is 0 Å². The fourth-order valence-electron chi connectivity index (χ4n) is 1.58. The van der Waals surface area contributed by atoms with E-state index >= 15 is 0 Å². The number of carbonyl (C=O) groups is 1. The lowest BCUT2D eigenvalue weighted by Crippen LogP contribution is -2.33. The smallest absolute Gasteiger partial charge is 0.320 e. The Bertz CT molecular complexity index is 200. The number of ether oxygens (including phenoxy) is 2. The molecule has 1 fully saturated rings. The third-order valence-corrected chi connectivity index (χ3v) is 3.10. The Kier molecular flexibility index (Phi) is 4.84. The average Bonchev–Trinajstić information content (AvgIpc) is 2.64. The van der Waals surface area contributed by atoms with Crippen LogP contribution in [0.4, 0.5) is 0 Å². The lowest BCUT2D eigenvalue weighted by molar-refractivity contribution is -0.140. The number of carbonyl (C=O) groups excluding carboxylic acids is 1. The van der Waals surface area contributed by atoms with Gasteiger partial charge in [0.1, 0.15) is 4.83 Å². The van der Waals surface area contributed by atoms with Gasteiger partial charge in [0.2, 0.25) is 0 Å². The summed E-state index contributed by atoms with van der Waals surface area (Å²) in [5, 5.41) is 0. The van der Waals surface area contributed by atoms with Crippen LogP contribution in [0.25, 0.3) is 0 Å². The Hall–Kier alpha value is -0.130. The molecule has 0 amide bonds. The zero-order chi connectivity index (χ0) is 10.6. The van der Waals surface area contributed by atoms with Crippen molar-refractivity contribution in [3.05, 3.63) is 0 Å². The van der Waals surface area contributed by atoms with Crippen LogP contribution in [0.2, 0.25) is 0 Å². The average molecular weight is 266 g/mol. The molecule has 2 unspecified atom stereocenters. The van der Waals surface area contributed by atoms with Crippen LogP contribution in [-0.2, 0) is 14.3 Å². The first-order valence-corrected chi connectivity index (χ1v) is 5.56. The highest BCUT2D eigenvalue weighted by Gasteiger charge is 2.26. The number of esters is 1. The van der Waals surface area contributed by atoms with Gasteiger partial charge in [-0.2, -0.15) is 0 Å². The summed E-state index contributed by atoms with van der Waals surface area (Å²) in [5.74, 6) is -0.217. The molecule has 0 aromatic heterocycles. The van der Waals surface area contributed by atoms with Gasteiger partial charge in [0, 0.05) is 26.7 Å². The molecular weight excluding hydrogens is 250 g/mol. The molecule has 82 valence electrons. The van der Waals surface area contributed by atoms with Gasteiger partial charge in [-0.3, -0.25) is 9.69 Å². The molecule has 0 aliphatic carbocycles. The van der Waals surface area contributed by atoms with Gasteiger partial charge in [-0.15, -0.1) is 0 Å². The summed E-state index contributed by atoms with van der Waals surface area (Å²) in [6.45, 7) is 2.57. The van der Waals surface area contributed by atoms with E-state index in [1.54, 1.807) is 7.11 Å². The molecule has 0 N–H and O–H groups in total. The molecule has 1 heterocycles. The highest BCUT2D eigenvalue weighted by molar-refractivity contribution is 9.10. The van der Waals surface area contributed by atoms with Crippen molar-refractivity contribution >= 4 is 21.9 Å². The number of hydrogen-bond donors (Lipinski definition) is 0. The van der Waals surface area contributed by atoms with Crippen LogP contribution in [-0.4, -0.2) is 55.7 Å². The van der Waals surface area contributed by atoms with E-state index in [9.17, 15) is 4.79 Å². The fourth-order valence-corrected chi connectivity index (χ4v) is 2.18. The highest BCUT2D eigenvalue weighted by Crippen LogP contribution is 2.14. The highest BCUT2D eigenvalue weighted by atomic mass is 79.9. The molecule has 1 rings (SSSR count). The second-order valence-corrected chi connectivity index (χ2v) is 4.50. The van der Waals surface area contributed by atoms with Gasteiger partial charge < -0.3 is 9.47 Å². The molecular formula is C9H16BrNO3. The van der Waals surface area contributed by atoms with Crippen molar-refractivity contribution in [2.75, 3.05) is 33.9 Å². The number of likely N-dealkylation sites (tertiary alicyclic amines) is 1. The Morgan fingerprint density at radius 1 is 1.64 bits per heavy atom. The van der Waals surface area contributed by atoms with Gasteiger partial charge in [0.15, 0.2) is 0 Å². The van der Waals surface area contributed by atoms with E-state index in [-0.39, 0.29) is 10.8 Å². The summed E-state index contributed by atoms with van der Waals surface area (Å²) >= 11 is 3.30. The minimum Gasteiger partial charge on any atom is -0.468 e. The first-order valence-electron chi connectivity index (χ1n) is 4.64. The first-order chi connectivity index (χ1) is 6.67. The van der Waals surface area contributed by atoms with Crippen LogP contribution in [0.5, 0.6) is 0 Å². The van der Waals surface area contributed by atoms with Gasteiger partial charge in [0.25, 0.3) is 0 Å². The van der Waals surface area contributed by atoms with E-state index in [0.717, 1.165) is 19.5 Å². The third kappa shape index (κ3) is 3.22. The monoisotopic (exact) mass is 265 g/mol. The fraction of sp³-hybridized carbons (Fsp3) is 0.889. The zero-order valence-electron chi connectivity index (χ0n) is 8.53. The Morgan fingerprint density at radius 3 is 2.86 bits per heavy atom. The van der Waals surface area contributed by atoms with Gasteiger partial charge in [-0.25, -0.2) is 0 Å². The normalized spacial score (nSPS) is 24.9. The summed E-state index contributed by atoms with van der Waals surface area (Å²) in [4.78, 5) is 13.1. The Labute approximate surface area is 92.7 Å². The number of hydrogen-bond acceptors (Lipinski definition) is 4. The second kappa shape index (κ2) is 5.68. The molecule has 0 aromatic rings. The number of methoxy groups -OCH3 is 2. The van der Waals surface area contributed by atoms with Crippen molar-refractivity contribution in [2.24, 2.45) is 0 Å². The summed E-state index contributed by atoms with van der Waals surface area (Å²) in [5.41, 5.74) is 0. The zero-order valence-corrected chi connectivity index (χ0v) is 10.1. The summed E-state index contributed by atoms with van der Waals surface area (Å²) < 4.78 is 9.87. The van der Waals surface area contributed by atoms with E-state index in [0.29, 0.717) is 12.6 Å². The lowest BCUT2D eigenvalue weighted by Gasteiger charge is -2.17. The van der Waals surface area contributed by atoms with Crippen LogP contribution in [0.1, 0.15) is 6.42 Å². The maximum Gasteiger partial charge on any atom is 0.320 e. The molecule has 1 saturated heterocycles. The maximum atomic E-state index is 11.1. The van der Waals surface area contributed by atoms with E-state index in [2.05, 4.69) is 25.6 Å². The molecule has 0 spiro atoms. The lowest BCUT2D eigenvalue weighted by atomic mass is 10.3. The number of nitrogens with zero attached hydrogens (tertiary/aromatic N) is 1. The number of halogens is 1. The topological polar surface area (TPSA) is 38.8 Å². The van der Waals surface area contributed by atoms with Crippen LogP contribution < -0.4 is 0 Å². The van der Waals surface area contributed by atoms with Gasteiger partial charge >= 0.3 is 5.97 Å². The Morgan fingerprint density at radius 2 is 2.36 bits per heavy atom. The van der Waals surface area contributed by atoms with Gasteiger partial charge in [-0.05, 0) is 6.42 Å². The quantitative estimate of drug-likeness (QED) is 0.553. The maximum absolute atomic E-state index is 11.1. The van der Waals surface area contributed by atoms with Crippen molar-refractivity contribution in [3.63, 3.8) is 0 Å². The predicted octanol–water partition coefficient (Wildman–Crippen LogP) is 0.644. The molecule has 1 aliphatic heterocycles.